The normalized spacial score (nSPS) is 13.9. The fourth-order valence-corrected chi connectivity index (χ4v) is 2.19. The summed E-state index contributed by atoms with van der Waals surface area (Å²) in [5, 5.41) is 3.84. The van der Waals surface area contributed by atoms with Crippen molar-refractivity contribution in [2.75, 3.05) is 25.6 Å². The van der Waals surface area contributed by atoms with E-state index in [2.05, 4.69) is 5.32 Å². The van der Waals surface area contributed by atoms with Gasteiger partial charge in [-0.3, -0.25) is 0 Å². The highest BCUT2D eigenvalue weighted by atomic mass is 35.5. The van der Waals surface area contributed by atoms with Crippen molar-refractivity contribution in [1.29, 1.82) is 0 Å². The molecule has 0 saturated carbocycles. The highest BCUT2D eigenvalue weighted by Gasteiger charge is 2.43. The molecule has 5 heteroatoms. The number of ether oxygens (including phenoxy) is 2. The molecule has 0 aliphatic rings. The number of benzene rings is 1. The molecule has 1 unspecified atom stereocenters. The van der Waals surface area contributed by atoms with Gasteiger partial charge < -0.3 is 14.8 Å². The molecule has 4 nitrogen and oxygen atoms in total. The second-order valence-corrected chi connectivity index (χ2v) is 5.35. The Balaban J connectivity index is 3.11. The van der Waals surface area contributed by atoms with Crippen LogP contribution in [-0.2, 0) is 14.3 Å². The molecule has 0 saturated heterocycles. The van der Waals surface area contributed by atoms with E-state index >= 15 is 0 Å². The van der Waals surface area contributed by atoms with Crippen LogP contribution in [0, 0.1) is 5.92 Å². The van der Waals surface area contributed by atoms with E-state index in [-0.39, 0.29) is 18.5 Å². The van der Waals surface area contributed by atoms with Crippen LogP contribution in [0.5, 0.6) is 0 Å². The first kappa shape index (κ1) is 16.8. The number of hydrogen-bond acceptors (Lipinski definition) is 4. The minimum atomic E-state index is -0.935. The van der Waals surface area contributed by atoms with Crippen molar-refractivity contribution in [3.05, 3.63) is 29.3 Å². The highest BCUT2D eigenvalue weighted by molar-refractivity contribution is 6.30. The quantitative estimate of drug-likeness (QED) is 0.784. The van der Waals surface area contributed by atoms with Crippen LogP contribution in [0.25, 0.3) is 0 Å². The molecule has 1 aromatic carbocycles. The van der Waals surface area contributed by atoms with Crippen LogP contribution >= 0.6 is 11.6 Å². The van der Waals surface area contributed by atoms with Gasteiger partial charge in [-0.1, -0.05) is 31.5 Å². The summed E-state index contributed by atoms with van der Waals surface area (Å²) in [5.74, 6) is -0.336. The molecule has 1 rings (SSSR count). The Bertz CT molecular complexity index is 450. The van der Waals surface area contributed by atoms with E-state index in [1.807, 2.05) is 26.0 Å². The number of hydrogen-bond donors (Lipinski definition) is 1. The maximum atomic E-state index is 12.4. The SMILES string of the molecule is CCOC(=O)C(COC)(Nc1cccc(Cl)c1)C(C)C. The van der Waals surface area contributed by atoms with E-state index in [0.29, 0.717) is 11.6 Å². The Morgan fingerprint density at radius 2 is 2.15 bits per heavy atom. The molecule has 0 aliphatic heterocycles. The molecular weight excluding hydrogens is 278 g/mol. The summed E-state index contributed by atoms with van der Waals surface area (Å²) in [7, 11) is 1.57. The number of rotatable bonds is 7. The zero-order valence-electron chi connectivity index (χ0n) is 12.4. The summed E-state index contributed by atoms with van der Waals surface area (Å²) in [5.41, 5.74) is -0.175. The van der Waals surface area contributed by atoms with Gasteiger partial charge in [0.2, 0.25) is 0 Å². The fraction of sp³-hybridized carbons (Fsp3) is 0.533. The summed E-state index contributed by atoms with van der Waals surface area (Å²) in [6, 6.07) is 7.24. The Labute approximate surface area is 125 Å². The molecule has 0 aromatic heterocycles. The van der Waals surface area contributed by atoms with E-state index in [1.54, 1.807) is 26.2 Å². The largest absolute Gasteiger partial charge is 0.464 e. The van der Waals surface area contributed by atoms with Gasteiger partial charge in [-0.2, -0.15) is 0 Å². The van der Waals surface area contributed by atoms with Crippen LogP contribution in [0.3, 0.4) is 0 Å². The fourth-order valence-electron chi connectivity index (χ4n) is 2.00. The van der Waals surface area contributed by atoms with E-state index in [0.717, 1.165) is 5.69 Å². The van der Waals surface area contributed by atoms with Crippen LogP contribution in [0.15, 0.2) is 24.3 Å². The van der Waals surface area contributed by atoms with Gasteiger partial charge in [-0.05, 0) is 31.0 Å². The topological polar surface area (TPSA) is 47.6 Å². The van der Waals surface area contributed by atoms with Gasteiger partial charge in [0.1, 0.15) is 0 Å². The average Bonchev–Trinajstić information content (AvgIpc) is 2.38. The van der Waals surface area contributed by atoms with Gasteiger partial charge in [-0.25, -0.2) is 4.79 Å². The number of esters is 1. The first-order valence-electron chi connectivity index (χ1n) is 6.66. The van der Waals surface area contributed by atoms with Crippen LogP contribution < -0.4 is 5.32 Å². The summed E-state index contributed by atoms with van der Waals surface area (Å²) < 4.78 is 10.5. The predicted octanol–water partition coefficient (Wildman–Crippen LogP) is 3.36. The van der Waals surface area contributed by atoms with Gasteiger partial charge in [-0.15, -0.1) is 0 Å². The molecule has 1 N–H and O–H groups in total. The minimum absolute atomic E-state index is 0.0134. The Morgan fingerprint density at radius 1 is 1.45 bits per heavy atom. The third kappa shape index (κ3) is 3.87. The van der Waals surface area contributed by atoms with E-state index in [4.69, 9.17) is 21.1 Å². The molecule has 20 heavy (non-hydrogen) atoms. The van der Waals surface area contributed by atoms with E-state index in [9.17, 15) is 4.79 Å². The smallest absolute Gasteiger partial charge is 0.334 e. The molecule has 1 atom stereocenters. The lowest BCUT2D eigenvalue weighted by molar-refractivity contribution is -0.152. The van der Waals surface area contributed by atoms with E-state index in [1.165, 1.54) is 0 Å². The van der Waals surface area contributed by atoms with Crippen molar-refractivity contribution in [2.24, 2.45) is 5.92 Å². The highest BCUT2D eigenvalue weighted by Crippen LogP contribution is 2.27. The first-order chi connectivity index (χ1) is 9.46. The molecule has 0 aliphatic carbocycles. The zero-order chi connectivity index (χ0) is 15.2. The van der Waals surface area contributed by atoms with Gasteiger partial charge >= 0.3 is 5.97 Å². The van der Waals surface area contributed by atoms with Crippen molar-refractivity contribution in [1.82, 2.24) is 0 Å². The first-order valence-corrected chi connectivity index (χ1v) is 7.04. The Kier molecular flexibility index (Phi) is 6.30. The maximum absolute atomic E-state index is 12.4. The van der Waals surface area contributed by atoms with Gasteiger partial charge in [0.05, 0.1) is 13.2 Å². The third-order valence-electron chi connectivity index (χ3n) is 3.19. The second kappa shape index (κ2) is 7.50. The van der Waals surface area contributed by atoms with Crippen molar-refractivity contribution in [3.63, 3.8) is 0 Å². The summed E-state index contributed by atoms with van der Waals surface area (Å²) in [4.78, 5) is 12.4. The lowest BCUT2D eigenvalue weighted by Gasteiger charge is -2.36. The standard InChI is InChI=1S/C15H22ClNO3/c1-5-20-14(18)15(10-19-4,11(2)3)17-13-8-6-7-12(16)9-13/h6-9,11,17H,5,10H2,1-4H3. The monoisotopic (exact) mass is 299 g/mol. The number of methoxy groups -OCH3 is 1. The summed E-state index contributed by atoms with van der Waals surface area (Å²) >= 11 is 5.98. The molecule has 0 fully saturated rings. The Morgan fingerprint density at radius 3 is 2.65 bits per heavy atom. The molecular formula is C15H22ClNO3. The third-order valence-corrected chi connectivity index (χ3v) is 3.42. The van der Waals surface area contributed by atoms with Crippen LogP contribution in [0.2, 0.25) is 5.02 Å². The number of carbonyl (C=O) groups excluding carboxylic acids is 1. The average molecular weight is 300 g/mol. The predicted molar refractivity (Wildman–Crippen MR) is 81.2 cm³/mol. The van der Waals surface area contributed by atoms with Crippen molar-refractivity contribution < 1.29 is 14.3 Å². The van der Waals surface area contributed by atoms with Crippen molar-refractivity contribution >= 4 is 23.3 Å². The zero-order valence-corrected chi connectivity index (χ0v) is 13.2. The van der Waals surface area contributed by atoms with Crippen molar-refractivity contribution in [3.8, 4) is 0 Å². The molecule has 0 amide bonds. The molecule has 0 bridgehead atoms. The maximum Gasteiger partial charge on any atom is 0.334 e. The number of carbonyl (C=O) groups is 1. The molecule has 0 heterocycles. The number of nitrogens with one attached hydrogen (secondary N) is 1. The van der Waals surface area contributed by atoms with Gasteiger partial charge in [0.15, 0.2) is 5.54 Å². The van der Waals surface area contributed by atoms with Crippen molar-refractivity contribution in [2.45, 2.75) is 26.3 Å². The number of halogens is 1. The van der Waals surface area contributed by atoms with Gasteiger partial charge in [0.25, 0.3) is 0 Å². The summed E-state index contributed by atoms with van der Waals surface area (Å²) in [6.45, 7) is 6.24. The molecule has 0 radical (unpaired) electrons. The Hall–Kier alpha value is -1.26. The van der Waals surface area contributed by atoms with Crippen LogP contribution in [-0.4, -0.2) is 31.8 Å². The lowest BCUT2D eigenvalue weighted by Crippen LogP contribution is -2.55. The minimum Gasteiger partial charge on any atom is -0.464 e. The van der Waals surface area contributed by atoms with Crippen LogP contribution in [0.4, 0.5) is 5.69 Å². The number of anilines is 1. The lowest BCUT2D eigenvalue weighted by atomic mass is 9.86. The molecule has 0 spiro atoms. The molecule has 112 valence electrons. The van der Waals surface area contributed by atoms with E-state index < -0.39 is 5.54 Å². The van der Waals surface area contributed by atoms with Crippen LogP contribution in [0.1, 0.15) is 20.8 Å². The van der Waals surface area contributed by atoms with Gasteiger partial charge in [0, 0.05) is 17.8 Å². The summed E-state index contributed by atoms with van der Waals surface area (Å²) in [6.07, 6.45) is 0. The molecule has 1 aromatic rings. The second-order valence-electron chi connectivity index (χ2n) is 4.91.